The lowest BCUT2D eigenvalue weighted by Crippen LogP contribution is -2.26. The average molecular weight is 238 g/mol. The second-order valence-corrected chi connectivity index (χ2v) is 5.25. The van der Waals surface area contributed by atoms with Crippen molar-refractivity contribution < 1.29 is 0 Å². The Morgan fingerprint density at radius 2 is 2.00 bits per heavy atom. The minimum absolute atomic E-state index is 0. The van der Waals surface area contributed by atoms with Gasteiger partial charge in [-0.05, 0) is 31.4 Å². The summed E-state index contributed by atoms with van der Waals surface area (Å²) < 4.78 is 0. The molecule has 0 spiro atoms. The first-order valence-electron chi connectivity index (χ1n) is 6.04. The summed E-state index contributed by atoms with van der Waals surface area (Å²) in [5.74, 6) is 0.945. The van der Waals surface area contributed by atoms with Crippen LogP contribution in [0.5, 0.6) is 0 Å². The van der Waals surface area contributed by atoms with Crippen molar-refractivity contribution in [2.24, 2.45) is 5.92 Å². The van der Waals surface area contributed by atoms with E-state index in [0.29, 0.717) is 5.41 Å². The summed E-state index contributed by atoms with van der Waals surface area (Å²) in [4.78, 5) is 2.59. The van der Waals surface area contributed by atoms with Crippen molar-refractivity contribution in [3.63, 3.8) is 0 Å². The zero-order chi connectivity index (χ0) is 10.5. The van der Waals surface area contributed by atoms with Gasteiger partial charge >= 0.3 is 0 Å². The zero-order valence-electron chi connectivity index (χ0n) is 10.1. The normalized spacial score (nSPS) is 32.0. The van der Waals surface area contributed by atoms with E-state index in [-0.39, 0.29) is 12.4 Å². The van der Waals surface area contributed by atoms with Crippen LogP contribution in [0.4, 0.5) is 0 Å². The van der Waals surface area contributed by atoms with Gasteiger partial charge in [-0.15, -0.1) is 12.4 Å². The Bertz CT molecular complexity index is 373. The molecule has 16 heavy (non-hydrogen) atoms. The van der Waals surface area contributed by atoms with Gasteiger partial charge < -0.3 is 4.90 Å². The van der Waals surface area contributed by atoms with E-state index in [0.717, 1.165) is 5.92 Å². The highest BCUT2D eigenvalue weighted by Crippen LogP contribution is 2.58. The number of aryl methyl sites for hydroxylation is 1. The Labute approximate surface area is 104 Å². The van der Waals surface area contributed by atoms with Gasteiger partial charge in [0.15, 0.2) is 0 Å². The third-order valence-corrected chi connectivity index (χ3v) is 4.29. The van der Waals surface area contributed by atoms with Gasteiger partial charge in [-0.1, -0.05) is 36.8 Å². The van der Waals surface area contributed by atoms with Crippen LogP contribution in [-0.2, 0) is 5.41 Å². The van der Waals surface area contributed by atoms with E-state index in [1.165, 1.54) is 31.6 Å². The van der Waals surface area contributed by atoms with Crippen LogP contribution < -0.4 is 0 Å². The number of hydrogen-bond acceptors (Lipinski definition) is 1. The molecular weight excluding hydrogens is 218 g/mol. The fourth-order valence-corrected chi connectivity index (χ4v) is 3.16. The highest BCUT2D eigenvalue weighted by atomic mass is 35.5. The molecule has 2 aliphatic rings. The van der Waals surface area contributed by atoms with Gasteiger partial charge in [0.05, 0.1) is 0 Å². The minimum Gasteiger partial charge on any atom is -0.302 e. The number of piperidine rings is 1. The molecule has 1 aromatic carbocycles. The number of likely N-dealkylation sites (N-methyl/N-ethyl adjacent to an activating group) is 1. The highest BCUT2D eigenvalue weighted by Gasteiger charge is 2.60. The molecule has 1 aliphatic heterocycles. The topological polar surface area (TPSA) is 3.24 Å². The summed E-state index contributed by atoms with van der Waals surface area (Å²) in [7, 11) is 0. The molecule has 0 bridgehead atoms. The first kappa shape index (κ1) is 11.9. The lowest BCUT2D eigenvalue weighted by atomic mass is 9.94. The van der Waals surface area contributed by atoms with E-state index in [4.69, 9.17) is 0 Å². The van der Waals surface area contributed by atoms with E-state index in [9.17, 15) is 0 Å². The molecule has 1 aliphatic carbocycles. The summed E-state index contributed by atoms with van der Waals surface area (Å²) in [6.07, 6.45) is 1.42. The lowest BCUT2D eigenvalue weighted by molar-refractivity contribution is 0.314. The van der Waals surface area contributed by atoms with Crippen LogP contribution >= 0.6 is 12.4 Å². The maximum absolute atomic E-state index is 2.59. The number of likely N-dealkylation sites (tertiary alicyclic amines) is 1. The molecule has 2 unspecified atom stereocenters. The average Bonchev–Trinajstić information content (AvgIpc) is 2.83. The number of benzene rings is 1. The maximum atomic E-state index is 2.59. The Hall–Kier alpha value is -0.530. The first-order chi connectivity index (χ1) is 7.24. The second kappa shape index (κ2) is 4.05. The molecule has 3 rings (SSSR count). The van der Waals surface area contributed by atoms with Crippen LogP contribution in [0.1, 0.15) is 24.5 Å². The largest absolute Gasteiger partial charge is 0.302 e. The summed E-state index contributed by atoms with van der Waals surface area (Å²) >= 11 is 0. The molecule has 2 heteroatoms. The number of hydrogen-bond donors (Lipinski definition) is 0. The van der Waals surface area contributed by atoms with Gasteiger partial charge in [0.2, 0.25) is 0 Å². The smallest absolute Gasteiger partial charge is 0.0124 e. The molecule has 0 amide bonds. The van der Waals surface area contributed by atoms with Crippen LogP contribution in [0.2, 0.25) is 0 Å². The number of nitrogens with zero attached hydrogens (tertiary/aromatic N) is 1. The third kappa shape index (κ3) is 1.66. The van der Waals surface area contributed by atoms with E-state index >= 15 is 0 Å². The molecule has 1 nitrogen and oxygen atoms in total. The molecule has 0 radical (unpaired) electrons. The van der Waals surface area contributed by atoms with Crippen molar-refractivity contribution in [3.05, 3.63) is 35.4 Å². The van der Waals surface area contributed by atoms with Crippen LogP contribution in [0, 0.1) is 12.8 Å². The minimum atomic E-state index is 0. The number of rotatable bonds is 2. The van der Waals surface area contributed by atoms with E-state index < -0.39 is 0 Å². The van der Waals surface area contributed by atoms with E-state index in [2.05, 4.69) is 43.0 Å². The molecule has 0 aromatic heterocycles. The summed E-state index contributed by atoms with van der Waals surface area (Å²) in [6, 6.07) is 9.20. The Kier molecular flexibility index (Phi) is 3.02. The van der Waals surface area contributed by atoms with Crippen molar-refractivity contribution in [3.8, 4) is 0 Å². The molecule has 2 fully saturated rings. The fraction of sp³-hybridized carbons (Fsp3) is 0.571. The Morgan fingerprint density at radius 3 is 2.56 bits per heavy atom. The molecule has 1 heterocycles. The summed E-state index contributed by atoms with van der Waals surface area (Å²) in [5, 5.41) is 0. The summed E-state index contributed by atoms with van der Waals surface area (Å²) in [5.41, 5.74) is 3.50. The van der Waals surface area contributed by atoms with Gasteiger partial charge in [-0.25, -0.2) is 0 Å². The molecule has 1 aromatic rings. The van der Waals surface area contributed by atoms with Gasteiger partial charge in [0, 0.05) is 18.5 Å². The molecule has 0 N–H and O–H groups in total. The Balaban J connectivity index is 0.000000963. The quantitative estimate of drug-likeness (QED) is 0.765. The molecule has 2 atom stereocenters. The summed E-state index contributed by atoms with van der Waals surface area (Å²) in [6.45, 7) is 8.26. The van der Waals surface area contributed by atoms with Crippen molar-refractivity contribution >= 4 is 12.4 Å². The predicted octanol–water partition coefficient (Wildman–Crippen LogP) is 3.01. The molecule has 1 saturated heterocycles. The van der Waals surface area contributed by atoms with Gasteiger partial charge in [-0.3, -0.25) is 0 Å². The standard InChI is InChI=1S/C14H19N.ClH/c1-3-15-9-13-8-14(13,10-15)12-6-4-11(2)5-7-12;/h4-7,13H,3,8-10H2,1-2H3;1H. The first-order valence-corrected chi connectivity index (χ1v) is 6.04. The lowest BCUT2D eigenvalue weighted by Gasteiger charge is -2.19. The fourth-order valence-electron chi connectivity index (χ4n) is 3.16. The van der Waals surface area contributed by atoms with Crippen molar-refractivity contribution in [1.82, 2.24) is 4.90 Å². The van der Waals surface area contributed by atoms with Crippen molar-refractivity contribution in [2.45, 2.75) is 25.7 Å². The van der Waals surface area contributed by atoms with Gasteiger partial charge in [-0.2, -0.15) is 0 Å². The molecule has 1 saturated carbocycles. The second-order valence-electron chi connectivity index (χ2n) is 5.25. The Morgan fingerprint density at radius 1 is 1.31 bits per heavy atom. The van der Waals surface area contributed by atoms with Crippen LogP contribution in [-0.4, -0.2) is 24.5 Å². The molecule has 88 valence electrons. The SMILES string of the molecule is CCN1CC2CC2(c2ccc(C)cc2)C1.Cl. The number of fused-ring (bicyclic) bond motifs is 1. The van der Waals surface area contributed by atoms with Crippen LogP contribution in [0.3, 0.4) is 0 Å². The van der Waals surface area contributed by atoms with Crippen LogP contribution in [0.15, 0.2) is 24.3 Å². The zero-order valence-corrected chi connectivity index (χ0v) is 10.9. The van der Waals surface area contributed by atoms with Gasteiger partial charge in [0.25, 0.3) is 0 Å². The third-order valence-electron chi connectivity index (χ3n) is 4.29. The monoisotopic (exact) mass is 237 g/mol. The molecular formula is C14H20ClN. The van der Waals surface area contributed by atoms with E-state index in [1.54, 1.807) is 5.56 Å². The predicted molar refractivity (Wildman–Crippen MR) is 70.3 cm³/mol. The van der Waals surface area contributed by atoms with E-state index in [1.807, 2.05) is 0 Å². The van der Waals surface area contributed by atoms with Crippen LogP contribution in [0.25, 0.3) is 0 Å². The number of halogens is 1. The van der Waals surface area contributed by atoms with Crippen molar-refractivity contribution in [2.75, 3.05) is 19.6 Å². The maximum Gasteiger partial charge on any atom is 0.0124 e. The van der Waals surface area contributed by atoms with Crippen molar-refractivity contribution in [1.29, 1.82) is 0 Å². The highest BCUT2D eigenvalue weighted by molar-refractivity contribution is 5.85. The van der Waals surface area contributed by atoms with Gasteiger partial charge in [0.1, 0.15) is 0 Å².